The van der Waals surface area contributed by atoms with Gasteiger partial charge in [-0.1, -0.05) is 20.8 Å². The van der Waals surface area contributed by atoms with Crippen molar-refractivity contribution in [3.63, 3.8) is 0 Å². The van der Waals surface area contributed by atoms with E-state index < -0.39 is 0 Å². The third-order valence-electron chi connectivity index (χ3n) is 3.58. The van der Waals surface area contributed by atoms with E-state index in [1.807, 2.05) is 14.1 Å². The summed E-state index contributed by atoms with van der Waals surface area (Å²) in [5.74, 6) is 0.471. The molecule has 1 saturated heterocycles. The fourth-order valence-electron chi connectivity index (χ4n) is 2.38. The lowest BCUT2D eigenvalue weighted by molar-refractivity contribution is -0.126. The van der Waals surface area contributed by atoms with Crippen LogP contribution < -0.4 is 10.6 Å². The number of ether oxygens (including phenoxy) is 1. The minimum atomic E-state index is -0.0663. The first-order valence-electron chi connectivity index (χ1n) is 7.21. The molecule has 1 heterocycles. The largest absolute Gasteiger partial charge is 0.379 e. The van der Waals surface area contributed by atoms with E-state index in [-0.39, 0.29) is 23.9 Å². The van der Waals surface area contributed by atoms with Crippen molar-refractivity contribution in [3.05, 3.63) is 0 Å². The first kappa shape index (κ1) is 16.4. The van der Waals surface area contributed by atoms with Gasteiger partial charge in [-0.2, -0.15) is 0 Å². The van der Waals surface area contributed by atoms with Crippen LogP contribution in [0.15, 0.2) is 0 Å². The summed E-state index contributed by atoms with van der Waals surface area (Å²) in [7, 11) is 4.06. The van der Waals surface area contributed by atoms with Crippen molar-refractivity contribution in [1.29, 1.82) is 0 Å². The van der Waals surface area contributed by atoms with Crippen LogP contribution in [0.3, 0.4) is 0 Å². The second kappa shape index (κ2) is 7.82. The molecule has 2 N–H and O–H groups in total. The van der Waals surface area contributed by atoms with Gasteiger partial charge in [-0.3, -0.25) is 4.79 Å². The molecule has 5 nitrogen and oxygen atoms in total. The molecule has 19 heavy (non-hydrogen) atoms. The van der Waals surface area contributed by atoms with Gasteiger partial charge in [0.2, 0.25) is 5.91 Å². The van der Waals surface area contributed by atoms with E-state index >= 15 is 0 Å². The van der Waals surface area contributed by atoms with Crippen LogP contribution >= 0.6 is 0 Å². The second-order valence-corrected chi connectivity index (χ2v) is 5.93. The molecule has 0 radical (unpaired) electrons. The van der Waals surface area contributed by atoms with Crippen molar-refractivity contribution in [1.82, 2.24) is 15.5 Å². The lowest BCUT2D eigenvalue weighted by Crippen LogP contribution is -2.51. The molecule has 1 aliphatic rings. The van der Waals surface area contributed by atoms with Crippen LogP contribution in [-0.4, -0.2) is 63.3 Å². The van der Waals surface area contributed by atoms with Crippen LogP contribution in [0.2, 0.25) is 0 Å². The highest BCUT2D eigenvalue weighted by Gasteiger charge is 2.34. The van der Waals surface area contributed by atoms with Gasteiger partial charge >= 0.3 is 0 Å². The summed E-state index contributed by atoms with van der Waals surface area (Å²) in [6, 6.07) is 0.336. The van der Waals surface area contributed by atoms with Gasteiger partial charge in [0.05, 0.1) is 19.1 Å². The average Bonchev–Trinajstić information content (AvgIpc) is 2.76. The molecule has 0 saturated carbocycles. The number of nitrogens with one attached hydrogen (secondary N) is 2. The molecule has 0 aliphatic carbocycles. The average molecular weight is 271 g/mol. The summed E-state index contributed by atoms with van der Waals surface area (Å²) < 4.78 is 5.43. The van der Waals surface area contributed by atoms with E-state index in [9.17, 15) is 4.79 Å². The third-order valence-corrected chi connectivity index (χ3v) is 3.58. The van der Waals surface area contributed by atoms with Gasteiger partial charge in [0.25, 0.3) is 0 Å². The quantitative estimate of drug-likeness (QED) is 0.700. The number of carbonyl (C=O) groups excluding carboxylic acids is 1. The van der Waals surface area contributed by atoms with Crippen LogP contribution in [0.25, 0.3) is 0 Å². The minimum absolute atomic E-state index is 0.0663. The van der Waals surface area contributed by atoms with E-state index in [1.165, 1.54) is 0 Å². The molecular weight excluding hydrogens is 242 g/mol. The Hall–Kier alpha value is -0.650. The van der Waals surface area contributed by atoms with Gasteiger partial charge in [-0.15, -0.1) is 0 Å². The van der Waals surface area contributed by atoms with Crippen molar-refractivity contribution in [2.75, 3.05) is 40.4 Å². The summed E-state index contributed by atoms with van der Waals surface area (Å²) in [6.45, 7) is 9.22. The molecule has 1 rings (SSSR count). The van der Waals surface area contributed by atoms with Crippen LogP contribution in [0.1, 0.15) is 20.8 Å². The minimum Gasteiger partial charge on any atom is -0.379 e. The summed E-state index contributed by atoms with van der Waals surface area (Å²) in [5, 5.41) is 6.50. The Labute approximate surface area is 117 Å². The number of hydrogen-bond donors (Lipinski definition) is 2. The molecule has 1 amide bonds. The fourth-order valence-corrected chi connectivity index (χ4v) is 2.38. The topological polar surface area (TPSA) is 53.6 Å². The normalized spacial score (nSPS) is 25.0. The number of nitrogens with zero attached hydrogens (tertiary/aromatic N) is 1. The summed E-state index contributed by atoms with van der Waals surface area (Å²) in [4.78, 5) is 14.5. The van der Waals surface area contributed by atoms with Gasteiger partial charge in [0.15, 0.2) is 0 Å². The zero-order chi connectivity index (χ0) is 14.4. The molecule has 0 bridgehead atoms. The molecule has 1 fully saturated rings. The first-order chi connectivity index (χ1) is 8.95. The van der Waals surface area contributed by atoms with Gasteiger partial charge in [-0.05, 0) is 26.6 Å². The maximum Gasteiger partial charge on any atom is 0.227 e. The standard InChI is InChI=1S/C14H29N3O2/c1-6-15-13-9-19-8-11(13)14(18)16-12(10(2)3)7-17(4)5/h10-13,15H,6-9H2,1-5H3,(H,16,18). The molecule has 0 aromatic carbocycles. The van der Waals surface area contributed by atoms with Gasteiger partial charge in [-0.25, -0.2) is 0 Å². The Balaban J connectivity index is 2.55. The van der Waals surface area contributed by atoms with Crippen molar-refractivity contribution >= 4 is 5.91 Å². The Kier molecular flexibility index (Phi) is 6.75. The van der Waals surface area contributed by atoms with Crippen molar-refractivity contribution in [2.24, 2.45) is 11.8 Å². The van der Waals surface area contributed by atoms with Crippen molar-refractivity contribution < 1.29 is 9.53 Å². The van der Waals surface area contributed by atoms with Crippen molar-refractivity contribution in [2.45, 2.75) is 32.9 Å². The summed E-state index contributed by atoms with van der Waals surface area (Å²) in [6.07, 6.45) is 0. The molecule has 1 aliphatic heterocycles. The Morgan fingerprint density at radius 1 is 1.37 bits per heavy atom. The number of hydrogen-bond acceptors (Lipinski definition) is 4. The Bertz CT molecular complexity index is 282. The highest BCUT2D eigenvalue weighted by atomic mass is 16.5. The molecular formula is C14H29N3O2. The van der Waals surface area contributed by atoms with Gasteiger partial charge in [0, 0.05) is 18.6 Å². The zero-order valence-electron chi connectivity index (χ0n) is 12.9. The predicted octanol–water partition coefficient (Wildman–Crippen LogP) is 0.313. The highest BCUT2D eigenvalue weighted by Crippen LogP contribution is 2.15. The number of rotatable bonds is 7. The molecule has 5 heteroatoms. The second-order valence-electron chi connectivity index (χ2n) is 5.93. The molecule has 3 unspecified atom stereocenters. The van der Waals surface area contributed by atoms with Crippen LogP contribution in [0, 0.1) is 11.8 Å². The lowest BCUT2D eigenvalue weighted by Gasteiger charge is -2.28. The predicted molar refractivity (Wildman–Crippen MR) is 77.1 cm³/mol. The SMILES string of the molecule is CCNC1COCC1C(=O)NC(CN(C)C)C(C)C. The van der Waals surface area contributed by atoms with E-state index in [1.54, 1.807) is 0 Å². The number of carbonyl (C=O) groups is 1. The number of amides is 1. The maximum absolute atomic E-state index is 12.4. The van der Waals surface area contributed by atoms with Gasteiger partial charge < -0.3 is 20.3 Å². The monoisotopic (exact) mass is 271 g/mol. The van der Waals surface area contributed by atoms with E-state index in [0.717, 1.165) is 13.1 Å². The number of likely N-dealkylation sites (N-methyl/N-ethyl adjacent to an activating group) is 2. The molecule has 3 atom stereocenters. The lowest BCUT2D eigenvalue weighted by atomic mass is 9.99. The summed E-state index contributed by atoms with van der Waals surface area (Å²) in [5.41, 5.74) is 0. The van der Waals surface area contributed by atoms with E-state index in [2.05, 4.69) is 36.3 Å². The van der Waals surface area contributed by atoms with E-state index in [4.69, 9.17) is 4.74 Å². The maximum atomic E-state index is 12.4. The third kappa shape index (κ3) is 5.09. The zero-order valence-corrected chi connectivity index (χ0v) is 12.9. The molecule has 112 valence electrons. The highest BCUT2D eigenvalue weighted by molar-refractivity contribution is 5.80. The van der Waals surface area contributed by atoms with E-state index in [0.29, 0.717) is 19.1 Å². The molecule has 0 aromatic rings. The van der Waals surface area contributed by atoms with Crippen molar-refractivity contribution in [3.8, 4) is 0 Å². The van der Waals surface area contributed by atoms with Crippen LogP contribution in [0.4, 0.5) is 0 Å². The fraction of sp³-hybridized carbons (Fsp3) is 0.929. The first-order valence-corrected chi connectivity index (χ1v) is 7.21. The summed E-state index contributed by atoms with van der Waals surface area (Å²) >= 11 is 0. The van der Waals surface area contributed by atoms with Gasteiger partial charge in [0.1, 0.15) is 0 Å². The smallest absolute Gasteiger partial charge is 0.227 e. The molecule has 0 spiro atoms. The Morgan fingerprint density at radius 2 is 2.05 bits per heavy atom. The Morgan fingerprint density at radius 3 is 2.58 bits per heavy atom. The van der Waals surface area contributed by atoms with Crippen LogP contribution in [-0.2, 0) is 9.53 Å². The van der Waals surface area contributed by atoms with Crippen LogP contribution in [0.5, 0.6) is 0 Å². The molecule has 0 aromatic heterocycles.